The molecule has 19 heavy (non-hydrogen) atoms. The smallest absolute Gasteiger partial charge is 0.147 e. The van der Waals surface area contributed by atoms with Crippen LogP contribution in [0, 0.1) is 0 Å². The average Bonchev–Trinajstić information content (AvgIpc) is 2.42. The number of hydrogen-bond acceptors (Lipinski definition) is 3. The van der Waals surface area contributed by atoms with Gasteiger partial charge in [0.15, 0.2) is 0 Å². The molecule has 0 bridgehead atoms. The van der Waals surface area contributed by atoms with Crippen LogP contribution in [0.15, 0.2) is 21.1 Å². The zero-order valence-corrected chi connectivity index (χ0v) is 14.0. The summed E-state index contributed by atoms with van der Waals surface area (Å²) in [5.41, 5.74) is 0.863. The second-order valence-corrected chi connectivity index (χ2v) is 6.51. The molecule has 0 radical (unpaired) electrons. The Bertz CT molecular complexity index is 397. The van der Waals surface area contributed by atoms with Gasteiger partial charge in [-0.25, -0.2) is 0 Å². The molecule has 3 nitrogen and oxygen atoms in total. The van der Waals surface area contributed by atoms with E-state index < -0.39 is 0 Å². The molecule has 1 aliphatic heterocycles. The maximum absolute atomic E-state index is 9.13. The summed E-state index contributed by atoms with van der Waals surface area (Å²) in [7, 11) is 0. The molecule has 0 amide bonds. The van der Waals surface area contributed by atoms with E-state index in [-0.39, 0.29) is 6.61 Å². The van der Waals surface area contributed by atoms with Crippen molar-refractivity contribution < 1.29 is 9.84 Å². The second kappa shape index (κ2) is 7.62. The van der Waals surface area contributed by atoms with Crippen LogP contribution in [0.25, 0.3) is 0 Å². The summed E-state index contributed by atoms with van der Waals surface area (Å²) in [5.74, 6) is 0.814. The van der Waals surface area contributed by atoms with E-state index in [1.54, 1.807) is 0 Å². The van der Waals surface area contributed by atoms with E-state index in [0.29, 0.717) is 6.61 Å². The Balaban J connectivity index is 1.88. The van der Waals surface area contributed by atoms with Crippen LogP contribution in [0.3, 0.4) is 0 Å². The first kappa shape index (κ1) is 15.3. The standard InChI is InChI=1S/C14H19Br2NO2/c15-12-8-11(10-18)9-13(16)14(12)19-7-6-17-4-2-1-3-5-17/h8-9,18H,1-7,10H2. The molecule has 1 aromatic rings. The lowest BCUT2D eigenvalue weighted by Crippen LogP contribution is -2.33. The third kappa shape index (κ3) is 4.45. The second-order valence-electron chi connectivity index (χ2n) is 4.80. The molecule has 0 aromatic heterocycles. The van der Waals surface area contributed by atoms with Crippen LogP contribution in [0.1, 0.15) is 24.8 Å². The number of hydrogen-bond donors (Lipinski definition) is 1. The summed E-state index contributed by atoms with van der Waals surface area (Å²) in [6.45, 7) is 4.08. The number of likely N-dealkylation sites (tertiary alicyclic amines) is 1. The summed E-state index contributed by atoms with van der Waals surface area (Å²) in [5, 5.41) is 9.13. The van der Waals surface area contributed by atoms with Crippen molar-refractivity contribution in [2.45, 2.75) is 25.9 Å². The lowest BCUT2D eigenvalue weighted by Gasteiger charge is -2.26. The molecular formula is C14H19Br2NO2. The van der Waals surface area contributed by atoms with Crippen LogP contribution < -0.4 is 4.74 Å². The first-order valence-corrected chi connectivity index (χ1v) is 8.23. The maximum atomic E-state index is 9.13. The normalized spacial score (nSPS) is 16.6. The minimum atomic E-state index is 0.0330. The first-order valence-electron chi connectivity index (χ1n) is 6.64. The van der Waals surface area contributed by atoms with Gasteiger partial charge in [-0.1, -0.05) is 6.42 Å². The molecular weight excluding hydrogens is 374 g/mol. The molecule has 1 aliphatic rings. The number of aliphatic hydroxyl groups is 1. The van der Waals surface area contributed by atoms with Gasteiger partial charge in [0.1, 0.15) is 12.4 Å². The lowest BCUT2D eigenvalue weighted by atomic mass is 10.1. The van der Waals surface area contributed by atoms with Gasteiger partial charge in [0.05, 0.1) is 15.6 Å². The van der Waals surface area contributed by atoms with E-state index >= 15 is 0 Å². The first-order chi connectivity index (χ1) is 9.20. The van der Waals surface area contributed by atoms with Gasteiger partial charge < -0.3 is 9.84 Å². The Hall–Kier alpha value is -0.100. The van der Waals surface area contributed by atoms with Crippen LogP contribution in [-0.4, -0.2) is 36.2 Å². The van der Waals surface area contributed by atoms with Crippen molar-refractivity contribution in [2.24, 2.45) is 0 Å². The fourth-order valence-electron chi connectivity index (χ4n) is 2.30. The number of nitrogens with zero attached hydrogens (tertiary/aromatic N) is 1. The van der Waals surface area contributed by atoms with Gasteiger partial charge in [-0.05, 0) is 75.5 Å². The van der Waals surface area contributed by atoms with Crippen molar-refractivity contribution in [2.75, 3.05) is 26.2 Å². The number of rotatable bonds is 5. The zero-order valence-electron chi connectivity index (χ0n) is 10.9. The van der Waals surface area contributed by atoms with Crippen LogP contribution in [-0.2, 0) is 6.61 Å². The number of aliphatic hydroxyl groups excluding tert-OH is 1. The molecule has 2 rings (SSSR count). The highest BCUT2D eigenvalue weighted by Crippen LogP contribution is 2.34. The van der Waals surface area contributed by atoms with Crippen LogP contribution >= 0.6 is 31.9 Å². The Labute approximate surface area is 131 Å². The predicted octanol–water partition coefficient (Wildman–Crippen LogP) is 3.57. The molecule has 1 fully saturated rings. The third-order valence-electron chi connectivity index (χ3n) is 3.34. The summed E-state index contributed by atoms with van der Waals surface area (Å²) in [4.78, 5) is 2.45. The highest BCUT2D eigenvalue weighted by molar-refractivity contribution is 9.11. The molecule has 1 aromatic carbocycles. The van der Waals surface area contributed by atoms with Gasteiger partial charge in [0.25, 0.3) is 0 Å². The van der Waals surface area contributed by atoms with E-state index in [0.717, 1.165) is 26.8 Å². The number of ether oxygens (including phenoxy) is 1. The van der Waals surface area contributed by atoms with Crippen LogP contribution in [0.5, 0.6) is 5.75 Å². The fraction of sp³-hybridized carbons (Fsp3) is 0.571. The number of benzene rings is 1. The average molecular weight is 393 g/mol. The van der Waals surface area contributed by atoms with Crippen molar-refractivity contribution in [1.82, 2.24) is 4.90 Å². The summed E-state index contributed by atoms with van der Waals surface area (Å²) >= 11 is 6.97. The molecule has 0 aliphatic carbocycles. The molecule has 0 atom stereocenters. The van der Waals surface area contributed by atoms with Crippen LogP contribution in [0.4, 0.5) is 0 Å². The van der Waals surface area contributed by atoms with Gasteiger partial charge in [-0.2, -0.15) is 0 Å². The topological polar surface area (TPSA) is 32.7 Å². The molecule has 106 valence electrons. The van der Waals surface area contributed by atoms with E-state index in [1.165, 1.54) is 32.4 Å². The Morgan fingerprint density at radius 3 is 2.32 bits per heavy atom. The lowest BCUT2D eigenvalue weighted by molar-refractivity contribution is 0.182. The van der Waals surface area contributed by atoms with Gasteiger partial charge >= 0.3 is 0 Å². The molecule has 1 heterocycles. The van der Waals surface area contributed by atoms with Gasteiger partial charge in [0.2, 0.25) is 0 Å². The van der Waals surface area contributed by atoms with Crippen molar-refractivity contribution >= 4 is 31.9 Å². The van der Waals surface area contributed by atoms with Crippen molar-refractivity contribution in [3.8, 4) is 5.75 Å². The minimum absolute atomic E-state index is 0.0330. The third-order valence-corrected chi connectivity index (χ3v) is 4.52. The monoisotopic (exact) mass is 391 g/mol. The fourth-order valence-corrected chi connectivity index (χ4v) is 3.81. The van der Waals surface area contributed by atoms with Gasteiger partial charge in [0, 0.05) is 6.54 Å². The van der Waals surface area contributed by atoms with E-state index in [4.69, 9.17) is 9.84 Å². The molecule has 0 unspecified atom stereocenters. The van der Waals surface area contributed by atoms with Crippen molar-refractivity contribution in [3.05, 3.63) is 26.6 Å². The Morgan fingerprint density at radius 1 is 1.11 bits per heavy atom. The minimum Gasteiger partial charge on any atom is -0.490 e. The molecule has 5 heteroatoms. The highest BCUT2D eigenvalue weighted by Gasteiger charge is 2.12. The van der Waals surface area contributed by atoms with E-state index in [1.807, 2.05) is 12.1 Å². The molecule has 0 saturated carbocycles. The quantitative estimate of drug-likeness (QED) is 0.831. The number of halogens is 2. The Kier molecular flexibility index (Phi) is 6.13. The largest absolute Gasteiger partial charge is 0.490 e. The van der Waals surface area contributed by atoms with E-state index in [2.05, 4.69) is 36.8 Å². The highest BCUT2D eigenvalue weighted by atomic mass is 79.9. The Morgan fingerprint density at radius 2 is 1.74 bits per heavy atom. The summed E-state index contributed by atoms with van der Waals surface area (Å²) in [6.07, 6.45) is 3.97. The maximum Gasteiger partial charge on any atom is 0.147 e. The molecule has 0 spiro atoms. The summed E-state index contributed by atoms with van der Waals surface area (Å²) in [6, 6.07) is 3.78. The van der Waals surface area contributed by atoms with Crippen molar-refractivity contribution in [3.63, 3.8) is 0 Å². The zero-order chi connectivity index (χ0) is 13.7. The SMILES string of the molecule is OCc1cc(Br)c(OCCN2CCCCC2)c(Br)c1. The van der Waals surface area contributed by atoms with Crippen LogP contribution in [0.2, 0.25) is 0 Å². The van der Waals surface area contributed by atoms with Gasteiger partial charge in [-0.3, -0.25) is 4.90 Å². The molecule has 1 saturated heterocycles. The summed E-state index contributed by atoms with van der Waals surface area (Å²) < 4.78 is 7.61. The van der Waals surface area contributed by atoms with Crippen molar-refractivity contribution in [1.29, 1.82) is 0 Å². The number of piperidine rings is 1. The predicted molar refractivity (Wildman–Crippen MR) is 83.6 cm³/mol. The molecule has 1 N–H and O–H groups in total. The van der Waals surface area contributed by atoms with Gasteiger partial charge in [-0.15, -0.1) is 0 Å². The van der Waals surface area contributed by atoms with E-state index in [9.17, 15) is 0 Å².